The average molecular weight is 590 g/mol. The monoisotopic (exact) mass is 590 g/mol. The first-order valence-corrected chi connectivity index (χ1v) is 10.8. The Morgan fingerprint density at radius 1 is 0.425 bits per heavy atom. The number of hydrogen-bond acceptors (Lipinski definition) is 3. The van der Waals surface area contributed by atoms with Gasteiger partial charge in [0.25, 0.3) is 36.8 Å². The molecular formula is C24H15BF12O3. The van der Waals surface area contributed by atoms with Gasteiger partial charge in [-0.2, -0.15) is 0 Å². The summed E-state index contributed by atoms with van der Waals surface area (Å²) in [5.74, 6) is -17.0. The highest BCUT2D eigenvalue weighted by Gasteiger charge is 2.58. The first-order chi connectivity index (χ1) is 18.6. The summed E-state index contributed by atoms with van der Waals surface area (Å²) >= 11 is 0. The van der Waals surface area contributed by atoms with Crippen molar-refractivity contribution in [3.63, 3.8) is 0 Å². The molecule has 0 N–H and O–H groups in total. The minimum atomic E-state index is -4.59. The maximum atomic E-state index is 15.5. The Labute approximate surface area is 218 Å². The van der Waals surface area contributed by atoms with Crippen LogP contribution in [0.3, 0.4) is 0 Å². The quantitative estimate of drug-likeness (QED) is 0.160. The van der Waals surface area contributed by atoms with Crippen LogP contribution in [0.5, 0.6) is 0 Å². The predicted octanol–water partition coefficient (Wildman–Crippen LogP) is 7.70. The van der Waals surface area contributed by atoms with Gasteiger partial charge in [0.15, 0.2) is 0 Å². The van der Waals surface area contributed by atoms with E-state index in [4.69, 9.17) is 0 Å². The van der Waals surface area contributed by atoms with Crippen LogP contribution in [0.1, 0.15) is 16.7 Å². The molecule has 0 aliphatic carbocycles. The molecule has 0 amide bonds. The van der Waals surface area contributed by atoms with E-state index in [1.54, 1.807) is 0 Å². The largest absolute Gasteiger partial charge is 0.647 e. The van der Waals surface area contributed by atoms with Crippen LogP contribution >= 0.6 is 0 Å². The Morgan fingerprint density at radius 2 is 0.625 bits per heavy atom. The fraction of sp³-hybridized carbons (Fsp3) is 0.250. The highest BCUT2D eigenvalue weighted by molar-refractivity contribution is 6.36. The topological polar surface area (TPSA) is 27.7 Å². The molecular weight excluding hydrogens is 575 g/mol. The molecule has 0 spiro atoms. The molecule has 0 aliphatic rings. The summed E-state index contributed by atoms with van der Waals surface area (Å²) in [5, 5.41) is 0. The van der Waals surface area contributed by atoms with Crippen LogP contribution in [0.4, 0.5) is 52.7 Å². The van der Waals surface area contributed by atoms with E-state index in [1.165, 1.54) is 0 Å². The lowest BCUT2D eigenvalue weighted by atomic mass is 10.0. The van der Waals surface area contributed by atoms with Crippen LogP contribution in [-0.4, -0.2) is 26.6 Å². The zero-order valence-electron chi connectivity index (χ0n) is 19.5. The summed E-state index contributed by atoms with van der Waals surface area (Å²) in [6.45, 7) is 0. The molecule has 3 rings (SSSR count). The van der Waals surface area contributed by atoms with Gasteiger partial charge in [-0.1, -0.05) is 36.4 Å². The predicted molar refractivity (Wildman–Crippen MR) is 115 cm³/mol. The Kier molecular flexibility index (Phi) is 9.47. The second-order valence-electron chi connectivity index (χ2n) is 8.00. The average Bonchev–Trinajstić information content (AvgIpc) is 2.89. The van der Waals surface area contributed by atoms with Gasteiger partial charge >= 0.3 is 7.32 Å². The van der Waals surface area contributed by atoms with Crippen LogP contribution in [0.25, 0.3) is 0 Å². The molecule has 40 heavy (non-hydrogen) atoms. The summed E-state index contributed by atoms with van der Waals surface area (Å²) in [6, 6.07) is 4.86. The van der Waals surface area contributed by atoms with Crippen LogP contribution in [0.2, 0.25) is 0 Å². The number of alkyl halides is 9. The molecule has 0 heterocycles. The van der Waals surface area contributed by atoms with Crippen molar-refractivity contribution >= 4 is 7.32 Å². The third-order valence-corrected chi connectivity index (χ3v) is 5.36. The van der Waals surface area contributed by atoms with Gasteiger partial charge in [0.05, 0.1) is 0 Å². The summed E-state index contributed by atoms with van der Waals surface area (Å²) in [4.78, 5) is 0. The molecule has 0 radical (unpaired) electrons. The van der Waals surface area contributed by atoms with E-state index in [-0.39, 0.29) is 0 Å². The number of hydrogen-bond donors (Lipinski definition) is 0. The second-order valence-corrected chi connectivity index (χ2v) is 8.00. The number of benzene rings is 3. The van der Waals surface area contributed by atoms with E-state index in [9.17, 15) is 39.5 Å². The van der Waals surface area contributed by atoms with Gasteiger partial charge in [-0.05, 0) is 36.4 Å². The van der Waals surface area contributed by atoms with Gasteiger partial charge in [0.1, 0.15) is 17.5 Å². The molecule has 3 aromatic carbocycles. The molecule has 16 heteroatoms. The smallest absolute Gasteiger partial charge is 0.345 e. The van der Waals surface area contributed by atoms with Crippen molar-refractivity contribution in [1.82, 2.24) is 0 Å². The Hall–Kier alpha value is -3.24. The standard InChI is InChI=1S/C24H15BF12O3/c26-16-7-1-13(2-8-16)22(35,19(29)30)38-25(39-23(36,20(31)32)14-3-9-17(27)10-4-14)40-24(37,21(33)34)15-5-11-18(28)12-6-15/h1-12,19-21H. The molecule has 0 saturated carbocycles. The maximum Gasteiger partial charge on any atom is 0.647 e. The zero-order chi connectivity index (χ0) is 29.9. The third-order valence-electron chi connectivity index (χ3n) is 5.36. The van der Waals surface area contributed by atoms with Crippen LogP contribution in [0.15, 0.2) is 72.8 Å². The lowest BCUT2D eigenvalue weighted by Crippen LogP contribution is -2.51. The van der Waals surface area contributed by atoms with E-state index in [0.717, 1.165) is 0 Å². The van der Waals surface area contributed by atoms with E-state index in [0.29, 0.717) is 72.8 Å². The minimum absolute atomic E-state index is 0.365. The lowest BCUT2D eigenvalue weighted by Gasteiger charge is -2.35. The molecule has 0 aliphatic heterocycles. The van der Waals surface area contributed by atoms with Crippen LogP contribution in [0, 0.1) is 17.5 Å². The molecule has 0 bridgehead atoms. The Bertz CT molecular complexity index is 1090. The van der Waals surface area contributed by atoms with Gasteiger partial charge in [0, 0.05) is 16.7 Å². The summed E-state index contributed by atoms with van der Waals surface area (Å²) in [6.07, 6.45) is -13.0. The molecule has 0 saturated heterocycles. The minimum Gasteiger partial charge on any atom is -0.345 e. The second kappa shape index (κ2) is 12.1. The number of halogens is 12. The molecule has 3 nitrogen and oxygen atoms in total. The fourth-order valence-corrected chi connectivity index (χ4v) is 3.26. The lowest BCUT2D eigenvalue weighted by molar-refractivity contribution is -0.265. The van der Waals surface area contributed by atoms with Crippen LogP contribution in [-0.2, 0) is 31.5 Å². The van der Waals surface area contributed by atoms with Gasteiger partial charge in [-0.3, -0.25) is 0 Å². The molecule has 3 aromatic rings. The van der Waals surface area contributed by atoms with Crippen molar-refractivity contribution in [2.75, 3.05) is 0 Å². The van der Waals surface area contributed by atoms with Gasteiger partial charge in [-0.25, -0.2) is 52.7 Å². The molecule has 216 valence electrons. The molecule has 3 atom stereocenters. The Balaban J connectivity index is 2.14. The van der Waals surface area contributed by atoms with Crippen molar-refractivity contribution in [3.05, 3.63) is 107 Å². The van der Waals surface area contributed by atoms with Crippen molar-refractivity contribution in [2.24, 2.45) is 0 Å². The van der Waals surface area contributed by atoms with Crippen molar-refractivity contribution in [3.8, 4) is 0 Å². The van der Waals surface area contributed by atoms with E-state index in [1.807, 2.05) is 0 Å². The summed E-state index contributed by atoms with van der Waals surface area (Å²) in [5.41, 5.74) is -3.81. The summed E-state index contributed by atoms with van der Waals surface area (Å²) in [7, 11) is -3.78. The van der Waals surface area contributed by atoms with E-state index >= 15 is 13.2 Å². The SMILES string of the molecule is Fc1ccc(C(F)(OB(OC(F)(c2ccc(F)cc2)C(F)F)OC(F)(c2ccc(F)cc2)C(F)F)C(F)F)cc1. The maximum absolute atomic E-state index is 15.5. The van der Waals surface area contributed by atoms with Crippen molar-refractivity contribution in [1.29, 1.82) is 0 Å². The van der Waals surface area contributed by atoms with Gasteiger partial charge in [-0.15, -0.1) is 0 Å². The molecule has 3 unspecified atom stereocenters. The summed E-state index contributed by atoms with van der Waals surface area (Å²) < 4.78 is 182. The first-order valence-electron chi connectivity index (χ1n) is 10.8. The number of rotatable bonds is 12. The van der Waals surface area contributed by atoms with Crippen LogP contribution < -0.4 is 0 Å². The highest BCUT2D eigenvalue weighted by atomic mass is 19.3. The van der Waals surface area contributed by atoms with Gasteiger partial charge < -0.3 is 14.0 Å². The van der Waals surface area contributed by atoms with E-state index in [2.05, 4.69) is 14.0 Å². The van der Waals surface area contributed by atoms with Crippen molar-refractivity contribution < 1.29 is 66.6 Å². The first kappa shape index (κ1) is 31.3. The molecule has 0 aromatic heterocycles. The normalized spacial score (nSPS) is 16.6. The third kappa shape index (κ3) is 6.55. The van der Waals surface area contributed by atoms with E-state index < -0.39 is 78.3 Å². The zero-order valence-corrected chi connectivity index (χ0v) is 19.5. The van der Waals surface area contributed by atoms with Gasteiger partial charge in [0.2, 0.25) is 0 Å². The highest BCUT2D eigenvalue weighted by Crippen LogP contribution is 2.43. The Morgan fingerprint density at radius 3 is 0.800 bits per heavy atom. The molecule has 0 fully saturated rings. The fourth-order valence-electron chi connectivity index (χ4n) is 3.26. The van der Waals surface area contributed by atoms with Crippen molar-refractivity contribution in [2.45, 2.75) is 36.8 Å².